The SMILES string of the molecule is Cl.F.F.F.F.[S]c1ccccc1I. The molecule has 0 saturated carbocycles. The molecule has 1 radical (unpaired) electrons. The quantitative estimate of drug-likeness (QED) is 0.491. The Morgan fingerprint density at radius 2 is 1.31 bits per heavy atom. The first kappa shape index (κ1) is 29.2. The molecular weight excluding hydrogens is 342 g/mol. The minimum atomic E-state index is 0. The van der Waals surface area contributed by atoms with Gasteiger partial charge in [0.25, 0.3) is 0 Å². The predicted molar refractivity (Wildman–Crippen MR) is 62.3 cm³/mol. The van der Waals surface area contributed by atoms with Crippen LogP contribution in [0.3, 0.4) is 0 Å². The van der Waals surface area contributed by atoms with E-state index < -0.39 is 0 Å². The minimum absolute atomic E-state index is 0. The fourth-order valence-corrected chi connectivity index (χ4v) is 0.979. The molecule has 1 aromatic rings. The van der Waals surface area contributed by atoms with Crippen molar-refractivity contribution in [3.8, 4) is 0 Å². The fourth-order valence-electron chi connectivity index (χ4n) is 0.445. The molecule has 0 atom stereocenters. The van der Waals surface area contributed by atoms with E-state index in [0.717, 1.165) is 8.47 Å². The van der Waals surface area contributed by atoms with E-state index in [1.54, 1.807) is 0 Å². The third-order valence-corrected chi connectivity index (χ3v) is 2.50. The van der Waals surface area contributed by atoms with Crippen LogP contribution in [0, 0.1) is 3.57 Å². The van der Waals surface area contributed by atoms with Gasteiger partial charge in [-0.05, 0) is 34.7 Å². The molecule has 0 heterocycles. The summed E-state index contributed by atoms with van der Waals surface area (Å²) in [5, 5.41) is 0. The van der Waals surface area contributed by atoms with E-state index in [9.17, 15) is 0 Å². The molecule has 0 spiro atoms. The Hall–Kier alpha value is 0.180. The lowest BCUT2D eigenvalue weighted by atomic mass is 10.4. The molecule has 0 aliphatic heterocycles. The molecule has 0 aliphatic carbocycles. The summed E-state index contributed by atoms with van der Waals surface area (Å²) in [6.45, 7) is 0. The van der Waals surface area contributed by atoms with Gasteiger partial charge in [-0.15, -0.1) is 12.4 Å². The van der Waals surface area contributed by atoms with Crippen molar-refractivity contribution in [2.75, 3.05) is 0 Å². The molecule has 0 aliphatic rings. The Labute approximate surface area is 98.9 Å². The first-order valence-corrected chi connectivity index (χ1v) is 3.71. The summed E-state index contributed by atoms with van der Waals surface area (Å²) in [6, 6.07) is 7.86. The lowest BCUT2D eigenvalue weighted by molar-refractivity contribution is 1.11. The number of hydrogen-bond acceptors (Lipinski definition) is 0. The van der Waals surface area contributed by atoms with Gasteiger partial charge in [-0.1, -0.05) is 24.8 Å². The Morgan fingerprint density at radius 1 is 0.923 bits per heavy atom. The largest absolute Gasteiger partial charge is 0.269 e. The third kappa shape index (κ3) is 10.1. The van der Waals surface area contributed by atoms with Crippen LogP contribution in [-0.2, 0) is 0 Å². The van der Waals surface area contributed by atoms with Crippen molar-refractivity contribution in [3.63, 3.8) is 0 Å². The van der Waals surface area contributed by atoms with Crippen molar-refractivity contribution >= 4 is 47.6 Å². The lowest BCUT2D eigenvalue weighted by Gasteiger charge is -1.89. The summed E-state index contributed by atoms with van der Waals surface area (Å²) < 4.78 is 1.15. The maximum atomic E-state index is 4.95. The van der Waals surface area contributed by atoms with Crippen molar-refractivity contribution in [3.05, 3.63) is 27.8 Å². The van der Waals surface area contributed by atoms with E-state index in [1.165, 1.54) is 0 Å². The fraction of sp³-hybridized carbons (Fsp3) is 0. The number of benzene rings is 1. The average molecular weight is 352 g/mol. The minimum Gasteiger partial charge on any atom is -0.269 e. The molecule has 13 heavy (non-hydrogen) atoms. The van der Waals surface area contributed by atoms with Gasteiger partial charge in [-0.2, -0.15) is 0 Å². The summed E-state index contributed by atoms with van der Waals surface area (Å²) >= 11 is 7.17. The van der Waals surface area contributed by atoms with Gasteiger partial charge in [0.1, 0.15) is 0 Å². The normalized spacial score (nSPS) is 5.62. The van der Waals surface area contributed by atoms with Gasteiger partial charge in [0, 0.05) is 3.57 Å². The van der Waals surface area contributed by atoms with Crippen LogP contribution < -0.4 is 0 Å². The molecule has 0 bridgehead atoms. The monoisotopic (exact) mass is 351 g/mol. The van der Waals surface area contributed by atoms with Crippen LogP contribution in [0.5, 0.6) is 0 Å². The molecular formula is C6H9ClF4IS. The van der Waals surface area contributed by atoms with E-state index in [0.29, 0.717) is 0 Å². The molecule has 1 aromatic carbocycles. The maximum Gasteiger partial charge on any atom is 0.0510 e. The Bertz CT molecular complexity index is 181. The zero-order valence-corrected chi connectivity index (χ0v) is 9.93. The van der Waals surface area contributed by atoms with E-state index in [2.05, 4.69) is 22.6 Å². The lowest BCUT2D eigenvalue weighted by Crippen LogP contribution is -1.69. The summed E-state index contributed by atoms with van der Waals surface area (Å²) in [5.41, 5.74) is 0. The van der Waals surface area contributed by atoms with Crippen molar-refractivity contribution in [1.29, 1.82) is 0 Å². The van der Waals surface area contributed by atoms with Crippen LogP contribution in [0.2, 0.25) is 0 Å². The van der Waals surface area contributed by atoms with Gasteiger partial charge in [0.15, 0.2) is 0 Å². The average Bonchev–Trinajstić information content (AvgIpc) is 1.77. The van der Waals surface area contributed by atoms with Crippen molar-refractivity contribution in [2.24, 2.45) is 0 Å². The zero-order valence-electron chi connectivity index (χ0n) is 6.14. The maximum absolute atomic E-state index is 4.95. The molecule has 0 fully saturated rings. The van der Waals surface area contributed by atoms with E-state index in [1.807, 2.05) is 24.3 Å². The molecule has 1 rings (SSSR count). The summed E-state index contributed by atoms with van der Waals surface area (Å²) in [4.78, 5) is 0.938. The second-order valence-corrected chi connectivity index (χ2v) is 3.03. The highest BCUT2D eigenvalue weighted by Gasteiger charge is 1.88. The smallest absolute Gasteiger partial charge is 0.0510 e. The van der Waals surface area contributed by atoms with E-state index in [-0.39, 0.29) is 31.2 Å². The standard InChI is InChI=1S/C6H4IS.ClH.4FH/c7-5-3-1-2-4-6(5)8;;;;;/h1-4H;5*1H. The molecule has 0 saturated heterocycles. The first-order chi connectivity index (χ1) is 3.80. The molecule has 0 aromatic heterocycles. The summed E-state index contributed by atoms with van der Waals surface area (Å²) in [7, 11) is 0. The van der Waals surface area contributed by atoms with Gasteiger partial charge in [0.2, 0.25) is 0 Å². The second-order valence-electron chi connectivity index (χ2n) is 1.43. The Kier molecular flexibility index (Phi) is 33.0. The van der Waals surface area contributed by atoms with Crippen LogP contribution in [0.4, 0.5) is 18.8 Å². The molecule has 0 N–H and O–H groups in total. The molecule has 81 valence electrons. The molecule has 7 heteroatoms. The Balaban J connectivity index is -0.0000000427. The van der Waals surface area contributed by atoms with Crippen molar-refractivity contribution in [2.45, 2.75) is 4.90 Å². The van der Waals surface area contributed by atoms with Crippen LogP contribution in [0.25, 0.3) is 0 Å². The molecule has 0 amide bonds. The topological polar surface area (TPSA) is 0 Å². The van der Waals surface area contributed by atoms with E-state index in [4.69, 9.17) is 12.6 Å². The van der Waals surface area contributed by atoms with Crippen molar-refractivity contribution in [1.82, 2.24) is 0 Å². The van der Waals surface area contributed by atoms with Gasteiger partial charge in [-0.25, -0.2) is 0 Å². The van der Waals surface area contributed by atoms with Gasteiger partial charge in [0.05, 0.1) is 4.90 Å². The van der Waals surface area contributed by atoms with Crippen molar-refractivity contribution < 1.29 is 18.8 Å². The zero-order chi connectivity index (χ0) is 5.98. The van der Waals surface area contributed by atoms with Gasteiger partial charge in [-0.3, -0.25) is 18.8 Å². The van der Waals surface area contributed by atoms with Gasteiger partial charge >= 0.3 is 0 Å². The third-order valence-electron chi connectivity index (χ3n) is 0.837. The first-order valence-electron chi connectivity index (χ1n) is 2.22. The van der Waals surface area contributed by atoms with Crippen LogP contribution in [0.15, 0.2) is 29.2 Å². The molecule has 0 unspecified atom stereocenters. The van der Waals surface area contributed by atoms with Crippen LogP contribution in [0.1, 0.15) is 0 Å². The van der Waals surface area contributed by atoms with Crippen LogP contribution in [-0.4, -0.2) is 0 Å². The van der Waals surface area contributed by atoms with Crippen LogP contribution >= 0.6 is 47.6 Å². The number of rotatable bonds is 0. The predicted octanol–water partition coefficient (Wildman–Crippen LogP) is 3.88. The van der Waals surface area contributed by atoms with E-state index >= 15 is 0 Å². The number of halogens is 6. The van der Waals surface area contributed by atoms with Gasteiger partial charge < -0.3 is 0 Å². The molecule has 0 nitrogen and oxygen atoms in total. The second kappa shape index (κ2) is 14.7. The number of hydrogen-bond donors (Lipinski definition) is 0. The Morgan fingerprint density at radius 3 is 1.54 bits per heavy atom. The summed E-state index contributed by atoms with van der Waals surface area (Å²) in [5.74, 6) is 0. The highest BCUT2D eigenvalue weighted by molar-refractivity contribution is 14.1. The highest BCUT2D eigenvalue weighted by Crippen LogP contribution is 2.13. The summed E-state index contributed by atoms with van der Waals surface area (Å²) in [6.07, 6.45) is 0. The highest BCUT2D eigenvalue weighted by atomic mass is 127.